The van der Waals surface area contributed by atoms with Crippen LogP contribution in [-0.2, 0) is 6.18 Å². The van der Waals surface area contributed by atoms with Crippen molar-refractivity contribution in [2.45, 2.75) is 13.1 Å². The second-order valence-corrected chi connectivity index (χ2v) is 5.43. The minimum Gasteiger partial charge on any atom is -0.332 e. The van der Waals surface area contributed by atoms with E-state index in [2.05, 4.69) is 10.6 Å². The Morgan fingerprint density at radius 2 is 1.68 bits per heavy atom. The van der Waals surface area contributed by atoms with Crippen molar-refractivity contribution in [1.82, 2.24) is 0 Å². The van der Waals surface area contributed by atoms with Gasteiger partial charge in [-0.05, 0) is 55.0 Å². The Morgan fingerprint density at radius 1 is 1.05 bits per heavy atom. The normalized spacial score (nSPS) is 11.1. The summed E-state index contributed by atoms with van der Waals surface area (Å²) >= 11 is 10.9. The van der Waals surface area contributed by atoms with Gasteiger partial charge in [0.1, 0.15) is 0 Å². The third-order valence-electron chi connectivity index (χ3n) is 2.92. The van der Waals surface area contributed by atoms with Crippen LogP contribution in [-0.4, -0.2) is 5.11 Å². The summed E-state index contributed by atoms with van der Waals surface area (Å²) in [4.78, 5) is 0. The number of rotatable bonds is 2. The Morgan fingerprint density at radius 3 is 2.32 bits per heavy atom. The number of anilines is 2. The Kier molecular flexibility index (Phi) is 4.93. The Balaban J connectivity index is 2.16. The molecule has 116 valence electrons. The van der Waals surface area contributed by atoms with Gasteiger partial charge in [0.05, 0.1) is 11.3 Å². The highest BCUT2D eigenvalue weighted by Gasteiger charge is 2.33. The molecule has 22 heavy (non-hydrogen) atoms. The van der Waals surface area contributed by atoms with Crippen LogP contribution in [0.3, 0.4) is 0 Å². The number of nitrogens with one attached hydrogen (secondary N) is 2. The molecule has 0 aliphatic rings. The highest BCUT2D eigenvalue weighted by atomic mass is 35.5. The maximum Gasteiger partial charge on any atom is 0.418 e. The second-order valence-electron chi connectivity index (χ2n) is 4.58. The number of hydrogen-bond acceptors (Lipinski definition) is 1. The van der Waals surface area contributed by atoms with Crippen molar-refractivity contribution in [2.24, 2.45) is 0 Å². The van der Waals surface area contributed by atoms with Crippen molar-refractivity contribution in [3.05, 3.63) is 58.6 Å². The van der Waals surface area contributed by atoms with Gasteiger partial charge < -0.3 is 10.6 Å². The topological polar surface area (TPSA) is 24.1 Å². The number of benzene rings is 2. The summed E-state index contributed by atoms with van der Waals surface area (Å²) in [5.41, 5.74) is 0.637. The number of para-hydroxylation sites is 1. The van der Waals surface area contributed by atoms with Gasteiger partial charge in [-0.2, -0.15) is 13.2 Å². The van der Waals surface area contributed by atoms with Gasteiger partial charge in [0, 0.05) is 10.7 Å². The van der Waals surface area contributed by atoms with Gasteiger partial charge in [0.2, 0.25) is 0 Å². The van der Waals surface area contributed by atoms with Gasteiger partial charge in [0.25, 0.3) is 0 Å². The molecule has 0 aromatic heterocycles. The first kappa shape index (κ1) is 16.6. The molecule has 2 rings (SSSR count). The smallest absolute Gasteiger partial charge is 0.332 e. The van der Waals surface area contributed by atoms with Crippen molar-refractivity contribution < 1.29 is 13.2 Å². The quantitative estimate of drug-likeness (QED) is 0.706. The second kappa shape index (κ2) is 6.54. The number of aryl methyl sites for hydroxylation is 1. The molecule has 0 fully saturated rings. The summed E-state index contributed by atoms with van der Waals surface area (Å²) < 4.78 is 38.7. The summed E-state index contributed by atoms with van der Waals surface area (Å²) in [6, 6.07) is 10.3. The van der Waals surface area contributed by atoms with Crippen molar-refractivity contribution in [3.63, 3.8) is 0 Å². The average Bonchev–Trinajstić information content (AvgIpc) is 2.41. The van der Waals surface area contributed by atoms with Gasteiger partial charge in [-0.15, -0.1) is 0 Å². The van der Waals surface area contributed by atoms with Crippen LogP contribution in [0, 0.1) is 6.92 Å². The first-order valence-corrected chi connectivity index (χ1v) is 7.06. The summed E-state index contributed by atoms with van der Waals surface area (Å²) in [7, 11) is 0. The molecule has 2 aromatic carbocycles. The van der Waals surface area contributed by atoms with Gasteiger partial charge in [-0.3, -0.25) is 0 Å². The maximum atomic E-state index is 12.9. The molecule has 2 nitrogen and oxygen atoms in total. The van der Waals surface area contributed by atoms with Crippen molar-refractivity contribution in [2.75, 3.05) is 10.6 Å². The Hall–Kier alpha value is -1.79. The molecule has 2 aromatic rings. The summed E-state index contributed by atoms with van der Waals surface area (Å²) in [6.07, 6.45) is -4.45. The van der Waals surface area contributed by atoms with Crippen LogP contribution >= 0.6 is 23.8 Å². The fourth-order valence-corrected chi connectivity index (χ4v) is 2.33. The minimum absolute atomic E-state index is 0.0714. The molecule has 7 heteroatoms. The molecule has 0 spiro atoms. The maximum absolute atomic E-state index is 12.9. The van der Waals surface area contributed by atoms with Crippen molar-refractivity contribution in [3.8, 4) is 0 Å². The predicted molar refractivity (Wildman–Crippen MR) is 87.5 cm³/mol. The molecule has 0 aliphatic heterocycles. The molecule has 2 N–H and O–H groups in total. The largest absolute Gasteiger partial charge is 0.418 e. The van der Waals surface area contributed by atoms with Gasteiger partial charge in [-0.25, -0.2) is 0 Å². The molecule has 0 bridgehead atoms. The third-order valence-corrected chi connectivity index (χ3v) is 3.36. The molecular weight excluding hydrogens is 333 g/mol. The van der Waals surface area contributed by atoms with E-state index in [0.717, 1.165) is 11.6 Å². The Bertz CT molecular complexity index is 701. The zero-order chi connectivity index (χ0) is 16.3. The fraction of sp³-hybridized carbons (Fsp3) is 0.133. The zero-order valence-corrected chi connectivity index (χ0v) is 13.0. The van der Waals surface area contributed by atoms with Crippen LogP contribution in [0.1, 0.15) is 11.1 Å². The van der Waals surface area contributed by atoms with E-state index in [0.29, 0.717) is 10.7 Å². The lowest BCUT2D eigenvalue weighted by Crippen LogP contribution is -2.22. The predicted octanol–water partition coefficient (Wildman–Crippen LogP) is 5.48. The minimum atomic E-state index is -4.45. The van der Waals surface area contributed by atoms with E-state index in [1.54, 1.807) is 18.2 Å². The van der Waals surface area contributed by atoms with E-state index in [1.165, 1.54) is 18.2 Å². The van der Waals surface area contributed by atoms with Crippen LogP contribution in [0.4, 0.5) is 24.5 Å². The average molecular weight is 345 g/mol. The molecule has 0 radical (unpaired) electrons. The zero-order valence-electron chi connectivity index (χ0n) is 11.5. The number of hydrogen-bond donors (Lipinski definition) is 2. The van der Waals surface area contributed by atoms with Crippen LogP contribution < -0.4 is 10.6 Å². The number of thiocarbonyl (C=S) groups is 1. The molecule has 0 aliphatic carbocycles. The van der Waals surface area contributed by atoms with E-state index >= 15 is 0 Å². The molecule has 0 amide bonds. The van der Waals surface area contributed by atoms with E-state index in [1.807, 2.05) is 6.92 Å². The first-order valence-electron chi connectivity index (χ1n) is 6.28. The molecule has 0 heterocycles. The summed E-state index contributed by atoms with van der Waals surface area (Å²) in [5.74, 6) is 0. The lowest BCUT2D eigenvalue weighted by atomic mass is 10.1. The van der Waals surface area contributed by atoms with E-state index in [-0.39, 0.29) is 10.8 Å². The van der Waals surface area contributed by atoms with Crippen LogP contribution in [0.2, 0.25) is 5.02 Å². The van der Waals surface area contributed by atoms with E-state index < -0.39 is 11.7 Å². The molecular formula is C15H12ClF3N2S. The van der Waals surface area contributed by atoms with Crippen molar-refractivity contribution in [1.29, 1.82) is 0 Å². The molecule has 0 saturated carbocycles. The number of alkyl halides is 3. The van der Waals surface area contributed by atoms with Gasteiger partial charge in [0.15, 0.2) is 5.11 Å². The lowest BCUT2D eigenvalue weighted by Gasteiger charge is -2.16. The highest BCUT2D eigenvalue weighted by Crippen LogP contribution is 2.34. The first-order chi connectivity index (χ1) is 10.3. The molecule has 0 atom stereocenters. The van der Waals surface area contributed by atoms with E-state index in [9.17, 15) is 13.2 Å². The van der Waals surface area contributed by atoms with Crippen LogP contribution in [0.15, 0.2) is 42.5 Å². The monoisotopic (exact) mass is 344 g/mol. The summed E-state index contributed by atoms with van der Waals surface area (Å²) in [6.45, 7) is 1.82. The van der Waals surface area contributed by atoms with Crippen LogP contribution in [0.25, 0.3) is 0 Å². The summed E-state index contributed by atoms with van der Waals surface area (Å²) in [5, 5.41) is 6.08. The number of halogens is 4. The Labute approximate surface area is 136 Å². The lowest BCUT2D eigenvalue weighted by molar-refractivity contribution is -0.136. The standard InChI is InChI=1S/C15H12ClF3N2S/c1-9-8-10(16)6-7-12(9)20-14(22)21-13-5-3-2-4-11(13)15(17,18)19/h2-8H,1H3,(H2,20,21,22). The van der Waals surface area contributed by atoms with Crippen LogP contribution in [0.5, 0.6) is 0 Å². The molecule has 0 saturated heterocycles. The van der Waals surface area contributed by atoms with E-state index in [4.69, 9.17) is 23.8 Å². The third kappa shape index (κ3) is 4.11. The molecule has 0 unspecified atom stereocenters. The van der Waals surface area contributed by atoms with Gasteiger partial charge >= 0.3 is 6.18 Å². The SMILES string of the molecule is Cc1cc(Cl)ccc1NC(=S)Nc1ccccc1C(F)(F)F. The van der Waals surface area contributed by atoms with Gasteiger partial charge in [-0.1, -0.05) is 23.7 Å². The van der Waals surface area contributed by atoms with Crippen molar-refractivity contribution >= 4 is 40.3 Å². The highest BCUT2D eigenvalue weighted by molar-refractivity contribution is 7.80. The fourth-order valence-electron chi connectivity index (χ4n) is 1.88.